The van der Waals surface area contributed by atoms with E-state index in [4.69, 9.17) is 0 Å². The van der Waals surface area contributed by atoms with E-state index >= 15 is 0 Å². The Hall–Kier alpha value is -0.650. The van der Waals surface area contributed by atoms with Crippen molar-refractivity contribution < 1.29 is 8.78 Å². The fourth-order valence-corrected chi connectivity index (χ4v) is 4.04. The minimum absolute atomic E-state index is 0.154. The number of halogens is 2. The second-order valence-electron chi connectivity index (χ2n) is 6.16. The average molecular weight is 314 g/mol. The molecule has 0 radical (unpaired) electrons. The van der Waals surface area contributed by atoms with Crippen molar-refractivity contribution in [3.8, 4) is 0 Å². The zero-order chi connectivity index (χ0) is 15.5. The van der Waals surface area contributed by atoms with Crippen LogP contribution in [0.5, 0.6) is 0 Å². The summed E-state index contributed by atoms with van der Waals surface area (Å²) in [6.45, 7) is 7.51. The summed E-state index contributed by atoms with van der Waals surface area (Å²) in [6, 6.07) is 4.24. The standard InChI is InChI=1S/C16H24F2N2S/c1-16(2)11-20(9-10-21-16)8-7-14(19-3)12-5-4-6-13(17)15(12)18/h4-6,14,19H,7-11H2,1-3H3. The van der Waals surface area contributed by atoms with Crippen LogP contribution in [0.1, 0.15) is 31.9 Å². The van der Waals surface area contributed by atoms with Crippen molar-refractivity contribution >= 4 is 11.8 Å². The summed E-state index contributed by atoms with van der Waals surface area (Å²) < 4.78 is 27.5. The third kappa shape index (κ3) is 4.41. The van der Waals surface area contributed by atoms with Crippen LogP contribution in [0.15, 0.2) is 18.2 Å². The largest absolute Gasteiger partial charge is 0.313 e. The van der Waals surface area contributed by atoms with Crippen LogP contribution in [0.3, 0.4) is 0 Å². The number of nitrogens with zero attached hydrogens (tertiary/aromatic N) is 1. The Morgan fingerprint density at radius 3 is 2.81 bits per heavy atom. The molecule has 2 rings (SSSR count). The quantitative estimate of drug-likeness (QED) is 0.896. The first-order valence-electron chi connectivity index (χ1n) is 7.40. The molecule has 0 amide bonds. The molecule has 1 N–H and O–H groups in total. The van der Waals surface area contributed by atoms with E-state index in [1.54, 1.807) is 19.2 Å². The van der Waals surface area contributed by atoms with Gasteiger partial charge in [0.2, 0.25) is 0 Å². The number of thioether (sulfide) groups is 1. The highest BCUT2D eigenvalue weighted by molar-refractivity contribution is 8.00. The highest BCUT2D eigenvalue weighted by Crippen LogP contribution is 2.30. The monoisotopic (exact) mass is 314 g/mol. The minimum Gasteiger partial charge on any atom is -0.313 e. The molecule has 0 aromatic heterocycles. The van der Waals surface area contributed by atoms with Gasteiger partial charge in [-0.25, -0.2) is 8.78 Å². The fourth-order valence-electron chi connectivity index (χ4n) is 2.86. The number of hydrogen-bond acceptors (Lipinski definition) is 3. The van der Waals surface area contributed by atoms with E-state index in [9.17, 15) is 8.78 Å². The van der Waals surface area contributed by atoms with Crippen LogP contribution in [0.25, 0.3) is 0 Å². The van der Waals surface area contributed by atoms with Gasteiger partial charge >= 0.3 is 0 Å². The molecule has 1 unspecified atom stereocenters. The molecule has 21 heavy (non-hydrogen) atoms. The second-order valence-corrected chi connectivity index (χ2v) is 7.96. The topological polar surface area (TPSA) is 15.3 Å². The van der Waals surface area contributed by atoms with E-state index in [2.05, 4.69) is 24.1 Å². The molecule has 1 fully saturated rings. The first-order valence-corrected chi connectivity index (χ1v) is 8.39. The molecule has 1 saturated heterocycles. The molecular formula is C16H24F2N2S. The summed E-state index contributed by atoms with van der Waals surface area (Å²) in [5.41, 5.74) is 0.420. The summed E-state index contributed by atoms with van der Waals surface area (Å²) in [7, 11) is 1.80. The first-order chi connectivity index (χ1) is 9.93. The normalized spacial score (nSPS) is 20.4. The number of nitrogens with one attached hydrogen (secondary N) is 1. The lowest BCUT2D eigenvalue weighted by atomic mass is 10.0. The average Bonchev–Trinajstić information content (AvgIpc) is 2.43. The van der Waals surface area contributed by atoms with Gasteiger partial charge in [-0.05, 0) is 33.4 Å². The van der Waals surface area contributed by atoms with Gasteiger partial charge in [0.25, 0.3) is 0 Å². The van der Waals surface area contributed by atoms with Gasteiger partial charge in [0, 0.05) is 41.7 Å². The molecule has 0 saturated carbocycles. The maximum Gasteiger partial charge on any atom is 0.163 e. The van der Waals surface area contributed by atoms with Crippen molar-refractivity contribution in [3.05, 3.63) is 35.4 Å². The molecule has 1 aromatic rings. The van der Waals surface area contributed by atoms with Gasteiger partial charge in [-0.2, -0.15) is 11.8 Å². The Balaban J connectivity index is 1.98. The van der Waals surface area contributed by atoms with Gasteiger partial charge in [-0.3, -0.25) is 0 Å². The molecular weight excluding hydrogens is 290 g/mol. The minimum atomic E-state index is -0.775. The summed E-state index contributed by atoms with van der Waals surface area (Å²) >= 11 is 2.00. The zero-order valence-electron chi connectivity index (χ0n) is 13.0. The second kappa shape index (κ2) is 7.07. The Kier molecular flexibility index (Phi) is 5.63. The van der Waals surface area contributed by atoms with Crippen LogP contribution in [-0.4, -0.2) is 42.1 Å². The Morgan fingerprint density at radius 2 is 2.14 bits per heavy atom. The predicted molar refractivity (Wildman–Crippen MR) is 85.8 cm³/mol. The predicted octanol–water partition coefficient (Wildman–Crippen LogP) is 3.44. The van der Waals surface area contributed by atoms with E-state index in [1.807, 2.05) is 11.8 Å². The van der Waals surface area contributed by atoms with Crippen molar-refractivity contribution in [3.63, 3.8) is 0 Å². The van der Waals surface area contributed by atoms with Crippen LogP contribution in [0.4, 0.5) is 8.78 Å². The molecule has 2 nitrogen and oxygen atoms in total. The lowest BCUT2D eigenvalue weighted by molar-refractivity contribution is 0.246. The highest BCUT2D eigenvalue weighted by Gasteiger charge is 2.27. The Labute approximate surface area is 130 Å². The molecule has 1 aromatic carbocycles. The maximum absolute atomic E-state index is 13.9. The van der Waals surface area contributed by atoms with Crippen molar-refractivity contribution in [1.29, 1.82) is 0 Å². The Morgan fingerprint density at radius 1 is 1.38 bits per heavy atom. The lowest BCUT2D eigenvalue weighted by Gasteiger charge is -2.38. The molecule has 5 heteroatoms. The molecule has 1 aliphatic rings. The number of benzene rings is 1. The van der Waals surface area contributed by atoms with Crippen molar-refractivity contribution in [2.75, 3.05) is 32.4 Å². The van der Waals surface area contributed by atoms with E-state index in [0.717, 1.165) is 37.9 Å². The lowest BCUT2D eigenvalue weighted by Crippen LogP contribution is -2.44. The summed E-state index contributed by atoms with van der Waals surface area (Å²) in [5, 5.41) is 3.11. The van der Waals surface area contributed by atoms with E-state index < -0.39 is 11.6 Å². The number of hydrogen-bond donors (Lipinski definition) is 1. The smallest absolute Gasteiger partial charge is 0.163 e. The van der Waals surface area contributed by atoms with Gasteiger partial charge in [0.15, 0.2) is 11.6 Å². The van der Waals surface area contributed by atoms with Crippen LogP contribution in [-0.2, 0) is 0 Å². The van der Waals surface area contributed by atoms with Crippen molar-refractivity contribution in [2.45, 2.75) is 31.1 Å². The van der Waals surface area contributed by atoms with Gasteiger partial charge in [0.1, 0.15) is 0 Å². The summed E-state index contributed by atoms with van der Waals surface area (Å²) in [5.74, 6) is -0.374. The van der Waals surface area contributed by atoms with Gasteiger partial charge < -0.3 is 10.2 Å². The van der Waals surface area contributed by atoms with E-state index in [1.165, 1.54) is 0 Å². The SMILES string of the molecule is CNC(CCN1CCSC(C)(C)C1)c1cccc(F)c1F. The molecule has 0 bridgehead atoms. The molecule has 1 heterocycles. The maximum atomic E-state index is 13.9. The molecule has 118 valence electrons. The van der Waals surface area contributed by atoms with Crippen LogP contribution in [0, 0.1) is 11.6 Å². The zero-order valence-corrected chi connectivity index (χ0v) is 13.8. The van der Waals surface area contributed by atoms with E-state index in [-0.39, 0.29) is 10.8 Å². The fraction of sp³-hybridized carbons (Fsp3) is 0.625. The third-order valence-electron chi connectivity index (χ3n) is 3.94. The molecule has 1 atom stereocenters. The van der Waals surface area contributed by atoms with Crippen LogP contribution < -0.4 is 5.32 Å². The first kappa shape index (κ1) is 16.7. The van der Waals surface area contributed by atoms with Crippen molar-refractivity contribution in [2.24, 2.45) is 0 Å². The van der Waals surface area contributed by atoms with Gasteiger partial charge in [-0.15, -0.1) is 0 Å². The third-order valence-corrected chi connectivity index (χ3v) is 5.24. The van der Waals surface area contributed by atoms with Gasteiger partial charge in [-0.1, -0.05) is 12.1 Å². The van der Waals surface area contributed by atoms with Crippen molar-refractivity contribution in [1.82, 2.24) is 10.2 Å². The van der Waals surface area contributed by atoms with E-state index in [0.29, 0.717) is 5.56 Å². The molecule has 0 aliphatic carbocycles. The Bertz CT molecular complexity index is 479. The highest BCUT2D eigenvalue weighted by atomic mass is 32.2. The van der Waals surface area contributed by atoms with Gasteiger partial charge in [0.05, 0.1) is 0 Å². The molecule has 0 spiro atoms. The summed E-state index contributed by atoms with van der Waals surface area (Å²) in [6.07, 6.45) is 0.775. The van der Waals surface area contributed by atoms with Crippen LogP contribution in [0.2, 0.25) is 0 Å². The summed E-state index contributed by atoms with van der Waals surface area (Å²) in [4.78, 5) is 2.41. The number of rotatable bonds is 5. The molecule has 1 aliphatic heterocycles. The van der Waals surface area contributed by atoms with Crippen LogP contribution >= 0.6 is 11.8 Å².